The molecule has 0 fully saturated rings. The summed E-state index contributed by atoms with van der Waals surface area (Å²) in [4.78, 5) is 4.25. The van der Waals surface area contributed by atoms with E-state index in [-0.39, 0.29) is 24.0 Å². The standard InChI is InChI=1S/C21H28ClN3O3.HI/c1-23-21(24-11-10-17-6-9-19(27-3)14-20(17)22)25-15-16-4-7-18(8-5-16)28-13-12-26-2;/h4-9,14H,10-13,15H2,1-3H3,(H2,23,24,25);1H. The van der Waals surface area contributed by atoms with Crippen molar-refractivity contribution in [3.05, 3.63) is 58.6 Å². The minimum atomic E-state index is 0. The van der Waals surface area contributed by atoms with Crippen LogP contribution in [0.25, 0.3) is 0 Å². The lowest BCUT2D eigenvalue weighted by atomic mass is 10.1. The second kappa shape index (κ2) is 14.3. The van der Waals surface area contributed by atoms with Gasteiger partial charge in [0, 0.05) is 32.3 Å². The number of halogens is 2. The van der Waals surface area contributed by atoms with Crippen LogP contribution in [0.15, 0.2) is 47.5 Å². The Bertz CT molecular complexity index is 757. The minimum Gasteiger partial charge on any atom is -0.497 e. The number of aliphatic imine (C=N–C) groups is 1. The van der Waals surface area contributed by atoms with Gasteiger partial charge in [-0.25, -0.2) is 0 Å². The molecular weight excluding hydrogens is 505 g/mol. The molecule has 2 rings (SSSR count). The van der Waals surface area contributed by atoms with Crippen molar-refractivity contribution in [2.24, 2.45) is 4.99 Å². The van der Waals surface area contributed by atoms with Gasteiger partial charge in [0.25, 0.3) is 0 Å². The highest BCUT2D eigenvalue weighted by atomic mass is 127. The number of ether oxygens (including phenoxy) is 3. The van der Waals surface area contributed by atoms with E-state index in [1.807, 2.05) is 42.5 Å². The van der Waals surface area contributed by atoms with E-state index in [0.29, 0.717) is 24.8 Å². The third-order valence-corrected chi connectivity index (χ3v) is 4.46. The van der Waals surface area contributed by atoms with Gasteiger partial charge in [-0.1, -0.05) is 29.8 Å². The van der Waals surface area contributed by atoms with Gasteiger partial charge in [0.05, 0.1) is 13.7 Å². The highest BCUT2D eigenvalue weighted by Crippen LogP contribution is 2.22. The van der Waals surface area contributed by atoms with Crippen molar-refractivity contribution < 1.29 is 14.2 Å². The molecule has 0 amide bonds. The number of hydrogen-bond acceptors (Lipinski definition) is 4. The van der Waals surface area contributed by atoms with Gasteiger partial charge in [-0.05, 0) is 41.8 Å². The number of nitrogens with one attached hydrogen (secondary N) is 2. The van der Waals surface area contributed by atoms with Crippen LogP contribution in [0.2, 0.25) is 5.02 Å². The molecule has 0 saturated heterocycles. The average Bonchev–Trinajstić information content (AvgIpc) is 2.72. The Kier molecular flexibility index (Phi) is 12.5. The maximum absolute atomic E-state index is 6.28. The van der Waals surface area contributed by atoms with Crippen molar-refractivity contribution in [2.45, 2.75) is 13.0 Å². The van der Waals surface area contributed by atoms with E-state index in [1.54, 1.807) is 21.3 Å². The summed E-state index contributed by atoms with van der Waals surface area (Å²) in [6.45, 7) is 2.51. The second-order valence-electron chi connectivity index (χ2n) is 6.05. The second-order valence-corrected chi connectivity index (χ2v) is 6.45. The number of rotatable bonds is 10. The van der Waals surface area contributed by atoms with Crippen LogP contribution in [0.5, 0.6) is 11.5 Å². The van der Waals surface area contributed by atoms with E-state index in [2.05, 4.69) is 15.6 Å². The number of guanidine groups is 1. The summed E-state index contributed by atoms with van der Waals surface area (Å²) in [5.74, 6) is 2.33. The van der Waals surface area contributed by atoms with Crippen LogP contribution in [0, 0.1) is 0 Å². The molecule has 160 valence electrons. The molecule has 0 atom stereocenters. The maximum Gasteiger partial charge on any atom is 0.191 e. The van der Waals surface area contributed by atoms with Gasteiger partial charge in [0.1, 0.15) is 18.1 Å². The summed E-state index contributed by atoms with van der Waals surface area (Å²) in [7, 11) is 5.04. The van der Waals surface area contributed by atoms with Gasteiger partial charge in [0.2, 0.25) is 0 Å². The molecule has 29 heavy (non-hydrogen) atoms. The highest BCUT2D eigenvalue weighted by Gasteiger charge is 2.04. The predicted molar refractivity (Wildman–Crippen MR) is 129 cm³/mol. The van der Waals surface area contributed by atoms with Crippen molar-refractivity contribution in [1.29, 1.82) is 0 Å². The number of benzene rings is 2. The molecular formula is C21H29ClIN3O3. The first-order valence-corrected chi connectivity index (χ1v) is 9.51. The first-order valence-electron chi connectivity index (χ1n) is 9.14. The van der Waals surface area contributed by atoms with Crippen LogP contribution in [-0.2, 0) is 17.7 Å². The molecule has 0 aliphatic rings. The van der Waals surface area contributed by atoms with Gasteiger partial charge in [-0.2, -0.15) is 0 Å². The molecule has 0 aliphatic carbocycles. The molecule has 2 aromatic rings. The van der Waals surface area contributed by atoms with Crippen LogP contribution >= 0.6 is 35.6 Å². The van der Waals surface area contributed by atoms with E-state index in [0.717, 1.165) is 41.6 Å². The van der Waals surface area contributed by atoms with E-state index >= 15 is 0 Å². The Morgan fingerprint density at radius 1 is 1.00 bits per heavy atom. The van der Waals surface area contributed by atoms with Crippen molar-refractivity contribution in [3.63, 3.8) is 0 Å². The van der Waals surface area contributed by atoms with Crippen LogP contribution in [0.1, 0.15) is 11.1 Å². The molecule has 0 aromatic heterocycles. The Labute approximate surface area is 195 Å². The number of nitrogens with zero attached hydrogens (tertiary/aromatic N) is 1. The normalized spacial score (nSPS) is 10.8. The van der Waals surface area contributed by atoms with Gasteiger partial charge < -0.3 is 24.8 Å². The molecule has 0 unspecified atom stereocenters. The summed E-state index contributed by atoms with van der Waals surface area (Å²) in [5.41, 5.74) is 2.20. The monoisotopic (exact) mass is 533 g/mol. The van der Waals surface area contributed by atoms with Crippen molar-refractivity contribution >= 4 is 41.5 Å². The van der Waals surface area contributed by atoms with E-state index in [4.69, 9.17) is 25.8 Å². The fourth-order valence-corrected chi connectivity index (χ4v) is 2.79. The maximum atomic E-state index is 6.28. The van der Waals surface area contributed by atoms with Gasteiger partial charge in [0.15, 0.2) is 5.96 Å². The zero-order chi connectivity index (χ0) is 20.2. The van der Waals surface area contributed by atoms with Crippen molar-refractivity contribution in [1.82, 2.24) is 10.6 Å². The molecule has 2 N–H and O–H groups in total. The minimum absolute atomic E-state index is 0. The third-order valence-electron chi connectivity index (χ3n) is 4.11. The van der Waals surface area contributed by atoms with Gasteiger partial charge in [-0.3, -0.25) is 4.99 Å². The van der Waals surface area contributed by atoms with E-state index in [1.165, 1.54) is 0 Å². The zero-order valence-electron chi connectivity index (χ0n) is 17.0. The van der Waals surface area contributed by atoms with Crippen LogP contribution < -0.4 is 20.1 Å². The molecule has 0 spiro atoms. The molecule has 8 heteroatoms. The lowest BCUT2D eigenvalue weighted by molar-refractivity contribution is 0.146. The Balaban J connectivity index is 0.00000420. The SMILES string of the molecule is CN=C(NCCc1ccc(OC)cc1Cl)NCc1ccc(OCCOC)cc1.I. The Morgan fingerprint density at radius 2 is 1.72 bits per heavy atom. The molecule has 0 saturated carbocycles. The summed E-state index contributed by atoms with van der Waals surface area (Å²) < 4.78 is 15.7. The summed E-state index contributed by atoms with van der Waals surface area (Å²) in [5, 5.41) is 7.31. The van der Waals surface area contributed by atoms with Crippen LogP contribution in [0.3, 0.4) is 0 Å². The summed E-state index contributed by atoms with van der Waals surface area (Å²) >= 11 is 6.28. The molecule has 0 bridgehead atoms. The highest BCUT2D eigenvalue weighted by molar-refractivity contribution is 14.0. The smallest absolute Gasteiger partial charge is 0.191 e. The first-order chi connectivity index (χ1) is 13.7. The Morgan fingerprint density at radius 3 is 2.34 bits per heavy atom. The van der Waals surface area contributed by atoms with E-state index < -0.39 is 0 Å². The topological polar surface area (TPSA) is 64.1 Å². The largest absolute Gasteiger partial charge is 0.497 e. The lowest BCUT2D eigenvalue weighted by Crippen LogP contribution is -2.37. The third kappa shape index (κ3) is 9.10. The fourth-order valence-electron chi connectivity index (χ4n) is 2.53. The zero-order valence-corrected chi connectivity index (χ0v) is 20.1. The van der Waals surface area contributed by atoms with E-state index in [9.17, 15) is 0 Å². The van der Waals surface area contributed by atoms with Crippen LogP contribution in [-0.4, -0.2) is 47.0 Å². The van der Waals surface area contributed by atoms with Crippen molar-refractivity contribution in [2.75, 3.05) is 41.0 Å². The molecule has 2 aromatic carbocycles. The Hall–Kier alpha value is -1.71. The number of methoxy groups -OCH3 is 2. The molecule has 6 nitrogen and oxygen atoms in total. The molecule has 0 radical (unpaired) electrons. The van der Waals surface area contributed by atoms with Gasteiger partial charge >= 0.3 is 0 Å². The van der Waals surface area contributed by atoms with Crippen molar-refractivity contribution in [3.8, 4) is 11.5 Å². The summed E-state index contributed by atoms with van der Waals surface area (Å²) in [6, 6.07) is 13.7. The first kappa shape index (κ1) is 25.3. The van der Waals surface area contributed by atoms with Gasteiger partial charge in [-0.15, -0.1) is 24.0 Å². The quantitative estimate of drug-likeness (QED) is 0.210. The average molecular weight is 534 g/mol. The molecule has 0 heterocycles. The summed E-state index contributed by atoms with van der Waals surface area (Å²) in [6.07, 6.45) is 0.789. The predicted octanol–water partition coefficient (Wildman–Crippen LogP) is 3.90. The van der Waals surface area contributed by atoms with Crippen LogP contribution in [0.4, 0.5) is 0 Å². The fraction of sp³-hybridized carbons (Fsp3) is 0.381. The number of hydrogen-bond donors (Lipinski definition) is 2. The lowest BCUT2D eigenvalue weighted by Gasteiger charge is -2.13. The molecule has 0 aliphatic heterocycles.